The molecule has 9 heteroatoms. The third-order valence-electron chi connectivity index (χ3n) is 2.89. The number of hydrogen-bond donors (Lipinski definition) is 3. The summed E-state index contributed by atoms with van der Waals surface area (Å²) in [4.78, 5) is 21.7. The second-order valence-electron chi connectivity index (χ2n) is 4.50. The van der Waals surface area contributed by atoms with Crippen molar-refractivity contribution >= 4 is 17.4 Å². The van der Waals surface area contributed by atoms with Gasteiger partial charge >= 0.3 is 6.03 Å². The number of anilines is 1. The van der Waals surface area contributed by atoms with Crippen LogP contribution in [-0.4, -0.2) is 16.1 Å². The maximum atomic E-state index is 13.4. The van der Waals surface area contributed by atoms with Crippen LogP contribution in [0.3, 0.4) is 0 Å². The highest BCUT2D eigenvalue weighted by molar-refractivity contribution is 5.89. The molecule has 0 saturated heterocycles. The Labute approximate surface area is 128 Å². The van der Waals surface area contributed by atoms with Crippen molar-refractivity contribution < 1.29 is 23.6 Å². The molecule has 0 aliphatic carbocycles. The molecule has 0 atom stereocenters. The molecule has 0 fully saturated rings. The van der Waals surface area contributed by atoms with E-state index in [4.69, 9.17) is 0 Å². The SMILES string of the molecule is O=C(NCc1cc([N+](=O)[O-])ccc1O)Nc1ccc(F)cc1F. The van der Waals surface area contributed by atoms with Gasteiger partial charge in [0.2, 0.25) is 0 Å². The normalized spacial score (nSPS) is 10.2. The summed E-state index contributed by atoms with van der Waals surface area (Å²) in [5, 5.41) is 24.7. The molecule has 2 rings (SSSR count). The Hall–Kier alpha value is -3.23. The number of carbonyl (C=O) groups excluding carboxylic acids is 1. The summed E-state index contributed by atoms with van der Waals surface area (Å²) in [6, 6.07) is 5.18. The van der Waals surface area contributed by atoms with Crippen molar-refractivity contribution in [2.24, 2.45) is 0 Å². The van der Waals surface area contributed by atoms with Gasteiger partial charge in [0, 0.05) is 30.3 Å². The first-order valence-electron chi connectivity index (χ1n) is 6.33. The van der Waals surface area contributed by atoms with Gasteiger partial charge in [0.25, 0.3) is 5.69 Å². The molecule has 0 bridgehead atoms. The fraction of sp³-hybridized carbons (Fsp3) is 0.0714. The molecular formula is C14H11F2N3O4. The number of rotatable bonds is 4. The maximum Gasteiger partial charge on any atom is 0.319 e. The van der Waals surface area contributed by atoms with Crippen LogP contribution in [0.25, 0.3) is 0 Å². The van der Waals surface area contributed by atoms with Crippen LogP contribution in [0.5, 0.6) is 5.75 Å². The molecule has 0 unspecified atom stereocenters. The number of amides is 2. The summed E-state index contributed by atoms with van der Waals surface area (Å²) in [7, 11) is 0. The Kier molecular flexibility index (Phi) is 4.69. The predicted molar refractivity (Wildman–Crippen MR) is 77.0 cm³/mol. The van der Waals surface area contributed by atoms with Gasteiger partial charge in [-0.1, -0.05) is 0 Å². The van der Waals surface area contributed by atoms with Gasteiger partial charge in [-0.15, -0.1) is 0 Å². The van der Waals surface area contributed by atoms with E-state index in [0.717, 1.165) is 30.3 Å². The number of halogens is 2. The molecule has 2 aromatic carbocycles. The second-order valence-corrected chi connectivity index (χ2v) is 4.50. The van der Waals surface area contributed by atoms with E-state index in [-0.39, 0.29) is 29.2 Å². The minimum Gasteiger partial charge on any atom is -0.508 e. The zero-order chi connectivity index (χ0) is 17.0. The van der Waals surface area contributed by atoms with Gasteiger partial charge in [-0.3, -0.25) is 10.1 Å². The van der Waals surface area contributed by atoms with Crippen molar-refractivity contribution in [3.05, 3.63) is 63.7 Å². The zero-order valence-corrected chi connectivity index (χ0v) is 11.5. The summed E-state index contributed by atoms with van der Waals surface area (Å²) in [6.07, 6.45) is 0. The number of carbonyl (C=O) groups is 1. The number of nitrogens with zero attached hydrogens (tertiary/aromatic N) is 1. The fourth-order valence-electron chi connectivity index (χ4n) is 1.76. The lowest BCUT2D eigenvalue weighted by Crippen LogP contribution is -2.28. The van der Waals surface area contributed by atoms with Crippen LogP contribution < -0.4 is 10.6 Å². The molecule has 0 aliphatic heterocycles. The second kappa shape index (κ2) is 6.69. The fourth-order valence-corrected chi connectivity index (χ4v) is 1.76. The van der Waals surface area contributed by atoms with Gasteiger partial charge < -0.3 is 15.7 Å². The number of nitro groups is 1. The number of non-ortho nitro benzene ring substituents is 1. The van der Waals surface area contributed by atoms with Gasteiger partial charge in [-0.25, -0.2) is 13.6 Å². The first kappa shape index (κ1) is 16.1. The van der Waals surface area contributed by atoms with Gasteiger partial charge in [0.15, 0.2) is 0 Å². The van der Waals surface area contributed by atoms with Gasteiger partial charge in [0.05, 0.1) is 10.6 Å². The van der Waals surface area contributed by atoms with E-state index >= 15 is 0 Å². The third kappa shape index (κ3) is 4.13. The van der Waals surface area contributed by atoms with Gasteiger partial charge in [-0.2, -0.15) is 0 Å². The van der Waals surface area contributed by atoms with E-state index in [9.17, 15) is 28.8 Å². The summed E-state index contributed by atoms with van der Waals surface area (Å²) in [6.45, 7) is -0.220. The van der Waals surface area contributed by atoms with Crippen molar-refractivity contribution in [1.82, 2.24) is 5.32 Å². The van der Waals surface area contributed by atoms with Crippen LogP contribution in [-0.2, 0) is 6.54 Å². The highest BCUT2D eigenvalue weighted by Crippen LogP contribution is 2.22. The number of hydrogen-bond acceptors (Lipinski definition) is 4. The van der Waals surface area contributed by atoms with Crippen LogP contribution in [0.1, 0.15) is 5.56 Å². The Morgan fingerprint density at radius 1 is 1.22 bits per heavy atom. The lowest BCUT2D eigenvalue weighted by molar-refractivity contribution is -0.384. The Balaban J connectivity index is 2.02. The minimum atomic E-state index is -0.946. The van der Waals surface area contributed by atoms with Crippen LogP contribution in [0.2, 0.25) is 0 Å². The Bertz CT molecular complexity index is 768. The van der Waals surface area contributed by atoms with E-state index < -0.39 is 22.6 Å². The topological polar surface area (TPSA) is 104 Å². The maximum absolute atomic E-state index is 13.4. The van der Waals surface area contributed by atoms with Crippen LogP contribution in [0, 0.1) is 21.7 Å². The summed E-state index contributed by atoms with van der Waals surface area (Å²) in [5.41, 5.74) is -0.356. The molecule has 0 saturated carbocycles. The van der Waals surface area contributed by atoms with E-state index in [2.05, 4.69) is 10.6 Å². The molecule has 0 heterocycles. The number of aromatic hydroxyl groups is 1. The number of phenols is 1. The molecule has 0 aromatic heterocycles. The summed E-state index contributed by atoms with van der Waals surface area (Å²) >= 11 is 0. The molecule has 0 spiro atoms. The smallest absolute Gasteiger partial charge is 0.319 e. The average Bonchev–Trinajstić information content (AvgIpc) is 2.49. The monoisotopic (exact) mass is 323 g/mol. The van der Waals surface area contributed by atoms with E-state index in [0.29, 0.717) is 6.07 Å². The number of nitrogens with one attached hydrogen (secondary N) is 2. The van der Waals surface area contributed by atoms with Crippen LogP contribution in [0.4, 0.5) is 25.0 Å². The zero-order valence-electron chi connectivity index (χ0n) is 11.5. The van der Waals surface area contributed by atoms with Gasteiger partial charge in [0.1, 0.15) is 17.4 Å². The molecule has 7 nitrogen and oxygen atoms in total. The lowest BCUT2D eigenvalue weighted by atomic mass is 10.2. The quantitative estimate of drug-likeness (QED) is 0.594. The first-order chi connectivity index (χ1) is 10.9. The predicted octanol–water partition coefficient (Wildman–Crippen LogP) is 2.90. The number of benzene rings is 2. The standard InChI is InChI=1S/C14H11F2N3O4/c15-9-1-3-12(11(16)6-9)18-14(21)17-7-8-5-10(19(22)23)2-4-13(8)20/h1-6,20H,7H2,(H2,17,18,21). The van der Waals surface area contributed by atoms with Crippen LogP contribution >= 0.6 is 0 Å². The number of nitro benzene ring substituents is 1. The van der Waals surface area contributed by atoms with Crippen molar-refractivity contribution in [3.63, 3.8) is 0 Å². The van der Waals surface area contributed by atoms with E-state index in [1.165, 1.54) is 0 Å². The number of phenolic OH excluding ortho intramolecular Hbond substituents is 1. The Morgan fingerprint density at radius 3 is 2.61 bits per heavy atom. The van der Waals surface area contributed by atoms with Crippen molar-refractivity contribution in [2.45, 2.75) is 6.54 Å². The lowest BCUT2D eigenvalue weighted by Gasteiger charge is -2.09. The highest BCUT2D eigenvalue weighted by Gasteiger charge is 2.12. The number of urea groups is 1. The molecule has 120 valence electrons. The average molecular weight is 323 g/mol. The Morgan fingerprint density at radius 2 is 1.96 bits per heavy atom. The molecule has 2 aromatic rings. The summed E-state index contributed by atoms with van der Waals surface area (Å²) in [5.74, 6) is -1.96. The van der Waals surface area contributed by atoms with E-state index in [1.54, 1.807) is 0 Å². The van der Waals surface area contributed by atoms with Crippen molar-refractivity contribution in [1.29, 1.82) is 0 Å². The van der Waals surface area contributed by atoms with Crippen molar-refractivity contribution in [2.75, 3.05) is 5.32 Å². The minimum absolute atomic E-state index is 0.119. The highest BCUT2D eigenvalue weighted by atomic mass is 19.1. The van der Waals surface area contributed by atoms with Crippen LogP contribution in [0.15, 0.2) is 36.4 Å². The molecule has 0 aliphatic rings. The molecule has 2 amide bonds. The largest absolute Gasteiger partial charge is 0.508 e. The first-order valence-corrected chi connectivity index (χ1v) is 6.33. The third-order valence-corrected chi connectivity index (χ3v) is 2.89. The summed E-state index contributed by atoms with van der Waals surface area (Å²) < 4.78 is 26.1. The molecule has 23 heavy (non-hydrogen) atoms. The van der Waals surface area contributed by atoms with Gasteiger partial charge in [-0.05, 0) is 18.2 Å². The molecule has 0 radical (unpaired) electrons. The molecular weight excluding hydrogens is 312 g/mol. The van der Waals surface area contributed by atoms with E-state index in [1.807, 2.05) is 0 Å². The molecule has 3 N–H and O–H groups in total. The van der Waals surface area contributed by atoms with Crippen molar-refractivity contribution in [3.8, 4) is 5.75 Å².